The number of carbonyl (C=O) groups excluding carboxylic acids is 2. The van der Waals surface area contributed by atoms with Gasteiger partial charge in [0.15, 0.2) is 0 Å². The van der Waals surface area contributed by atoms with Crippen molar-refractivity contribution < 1.29 is 14.7 Å². The van der Waals surface area contributed by atoms with Crippen molar-refractivity contribution in [3.8, 4) is 0 Å². The van der Waals surface area contributed by atoms with Crippen molar-refractivity contribution in [2.24, 2.45) is 0 Å². The Labute approximate surface area is 102 Å². The second kappa shape index (κ2) is 6.56. The summed E-state index contributed by atoms with van der Waals surface area (Å²) >= 11 is 0. The van der Waals surface area contributed by atoms with Crippen LogP contribution in [0.25, 0.3) is 0 Å². The Morgan fingerprint density at radius 1 is 1.59 bits per heavy atom. The van der Waals surface area contributed by atoms with Gasteiger partial charge in [0.05, 0.1) is 6.54 Å². The number of nitrogens with one attached hydrogen (secondary N) is 1. The molecule has 0 aromatic heterocycles. The van der Waals surface area contributed by atoms with Crippen LogP contribution in [0.1, 0.15) is 20.3 Å². The number of amides is 3. The summed E-state index contributed by atoms with van der Waals surface area (Å²) in [4.78, 5) is 26.4. The molecule has 6 nitrogen and oxygen atoms in total. The van der Waals surface area contributed by atoms with Crippen LogP contribution in [0, 0.1) is 0 Å². The molecule has 0 aromatic rings. The van der Waals surface area contributed by atoms with E-state index < -0.39 is 0 Å². The minimum atomic E-state index is -0.305. The lowest BCUT2D eigenvalue weighted by molar-refractivity contribution is -0.129. The van der Waals surface area contributed by atoms with Gasteiger partial charge in [-0.15, -0.1) is 0 Å². The fourth-order valence-corrected chi connectivity index (χ4v) is 1.76. The molecule has 3 amide bonds. The molecule has 1 rings (SSSR count). The Bertz CT molecular complexity index is 281. The first kappa shape index (κ1) is 13.9. The summed E-state index contributed by atoms with van der Waals surface area (Å²) in [6.45, 7) is 5.97. The number of aliphatic hydroxyl groups excluding tert-OH is 1. The summed E-state index contributed by atoms with van der Waals surface area (Å²) in [5, 5.41) is 11.4. The molecule has 0 spiro atoms. The van der Waals surface area contributed by atoms with Crippen LogP contribution in [-0.2, 0) is 4.79 Å². The Hall–Kier alpha value is -1.14. The Kier molecular flexibility index (Phi) is 5.37. The van der Waals surface area contributed by atoms with Gasteiger partial charge in [-0.2, -0.15) is 0 Å². The minimum absolute atomic E-state index is 0.113. The van der Waals surface area contributed by atoms with E-state index in [4.69, 9.17) is 5.11 Å². The van der Waals surface area contributed by atoms with Gasteiger partial charge in [0.25, 0.3) is 0 Å². The average Bonchev–Trinajstić information content (AvgIpc) is 2.70. The van der Waals surface area contributed by atoms with Crippen LogP contribution in [0.4, 0.5) is 4.79 Å². The smallest absolute Gasteiger partial charge is 0.324 e. The Morgan fingerprint density at radius 3 is 2.76 bits per heavy atom. The highest BCUT2D eigenvalue weighted by Crippen LogP contribution is 2.04. The highest BCUT2D eigenvalue weighted by molar-refractivity contribution is 5.96. The molecule has 98 valence electrons. The van der Waals surface area contributed by atoms with Crippen LogP contribution in [-0.4, -0.2) is 65.7 Å². The molecule has 2 N–H and O–H groups in total. The van der Waals surface area contributed by atoms with Gasteiger partial charge in [-0.1, -0.05) is 0 Å². The molecule has 1 fully saturated rings. The van der Waals surface area contributed by atoms with E-state index >= 15 is 0 Å². The molecule has 0 aromatic carbocycles. The van der Waals surface area contributed by atoms with E-state index in [1.165, 1.54) is 4.90 Å². The molecule has 0 unspecified atom stereocenters. The van der Waals surface area contributed by atoms with E-state index in [1.807, 2.05) is 18.7 Å². The van der Waals surface area contributed by atoms with Crippen molar-refractivity contribution >= 4 is 11.9 Å². The molecule has 1 heterocycles. The molecule has 1 saturated heterocycles. The van der Waals surface area contributed by atoms with Gasteiger partial charge in [-0.3, -0.25) is 14.6 Å². The third-order valence-corrected chi connectivity index (χ3v) is 2.83. The van der Waals surface area contributed by atoms with Crippen LogP contribution >= 0.6 is 0 Å². The van der Waals surface area contributed by atoms with E-state index in [9.17, 15) is 9.59 Å². The lowest BCUT2D eigenvalue weighted by Crippen LogP contribution is -2.44. The summed E-state index contributed by atoms with van der Waals surface area (Å²) < 4.78 is 0. The molecule has 0 saturated carbocycles. The normalized spacial score (nSPS) is 15.8. The number of hydrogen-bond acceptors (Lipinski definition) is 4. The number of urea groups is 1. The summed E-state index contributed by atoms with van der Waals surface area (Å²) in [5.74, 6) is -0.174. The molecule has 1 aliphatic rings. The maximum atomic E-state index is 11.9. The van der Waals surface area contributed by atoms with Crippen molar-refractivity contribution in [1.29, 1.82) is 0 Å². The fourth-order valence-electron chi connectivity index (χ4n) is 1.76. The number of carbonyl (C=O) groups is 2. The third kappa shape index (κ3) is 3.98. The van der Waals surface area contributed by atoms with Gasteiger partial charge in [0.1, 0.15) is 0 Å². The quantitative estimate of drug-likeness (QED) is 0.667. The van der Waals surface area contributed by atoms with Gasteiger partial charge >= 0.3 is 6.03 Å². The fraction of sp³-hybridized carbons (Fsp3) is 0.818. The van der Waals surface area contributed by atoms with Crippen LogP contribution < -0.4 is 5.32 Å². The molecular formula is C11H21N3O3. The number of rotatable bonds is 6. The molecule has 17 heavy (non-hydrogen) atoms. The van der Waals surface area contributed by atoms with Gasteiger partial charge in [-0.25, -0.2) is 4.79 Å². The van der Waals surface area contributed by atoms with Crippen LogP contribution in [0.15, 0.2) is 0 Å². The Morgan fingerprint density at radius 2 is 2.29 bits per heavy atom. The van der Waals surface area contributed by atoms with Crippen LogP contribution in [0.3, 0.4) is 0 Å². The van der Waals surface area contributed by atoms with E-state index in [-0.39, 0.29) is 31.1 Å². The maximum absolute atomic E-state index is 11.9. The molecule has 0 atom stereocenters. The van der Waals surface area contributed by atoms with Crippen molar-refractivity contribution in [2.75, 3.05) is 32.8 Å². The van der Waals surface area contributed by atoms with Gasteiger partial charge < -0.3 is 10.4 Å². The second-order valence-electron chi connectivity index (χ2n) is 4.42. The second-order valence-corrected chi connectivity index (χ2v) is 4.42. The lowest BCUT2D eigenvalue weighted by atomic mass is 10.2. The first-order valence-corrected chi connectivity index (χ1v) is 5.99. The zero-order valence-electron chi connectivity index (χ0n) is 10.5. The van der Waals surface area contributed by atoms with Crippen molar-refractivity contribution in [3.05, 3.63) is 0 Å². The predicted octanol–water partition coefficient (Wildman–Crippen LogP) is -0.369. The number of imide groups is 1. The van der Waals surface area contributed by atoms with Gasteiger partial charge in [0, 0.05) is 32.3 Å². The zero-order valence-corrected chi connectivity index (χ0v) is 10.5. The van der Waals surface area contributed by atoms with E-state index in [2.05, 4.69) is 5.32 Å². The lowest BCUT2D eigenvalue weighted by Gasteiger charge is -2.26. The third-order valence-electron chi connectivity index (χ3n) is 2.83. The molecular weight excluding hydrogens is 222 g/mol. The van der Waals surface area contributed by atoms with Gasteiger partial charge in [-0.05, 0) is 20.3 Å². The monoisotopic (exact) mass is 243 g/mol. The largest absolute Gasteiger partial charge is 0.396 e. The summed E-state index contributed by atoms with van der Waals surface area (Å²) in [6, 6.07) is -0.0861. The maximum Gasteiger partial charge on any atom is 0.324 e. The molecule has 0 radical (unpaired) electrons. The topological polar surface area (TPSA) is 72.9 Å². The van der Waals surface area contributed by atoms with E-state index in [0.29, 0.717) is 26.1 Å². The molecule has 0 aliphatic carbocycles. The Balaban J connectivity index is 2.48. The summed E-state index contributed by atoms with van der Waals surface area (Å²) in [7, 11) is 0. The minimum Gasteiger partial charge on any atom is -0.396 e. The van der Waals surface area contributed by atoms with Crippen LogP contribution in [0.2, 0.25) is 0 Å². The SMILES string of the molecule is CC(C)N(CCCO)CC(=O)N1CCNC1=O. The number of nitrogens with zero attached hydrogens (tertiary/aromatic N) is 2. The molecule has 1 aliphatic heterocycles. The average molecular weight is 243 g/mol. The first-order chi connectivity index (χ1) is 8.06. The summed E-state index contributed by atoms with van der Waals surface area (Å²) in [6.07, 6.45) is 0.637. The standard InChI is InChI=1S/C11H21N3O3/c1-9(2)13(5-3-7-15)8-10(16)14-6-4-12-11(14)17/h9,15H,3-8H2,1-2H3,(H,12,17). The highest BCUT2D eigenvalue weighted by atomic mass is 16.3. The molecule has 6 heteroatoms. The number of aliphatic hydroxyl groups is 1. The van der Waals surface area contributed by atoms with Gasteiger partial charge in [0.2, 0.25) is 5.91 Å². The highest BCUT2D eigenvalue weighted by Gasteiger charge is 2.27. The van der Waals surface area contributed by atoms with E-state index in [0.717, 1.165) is 0 Å². The molecule has 0 bridgehead atoms. The van der Waals surface area contributed by atoms with Crippen molar-refractivity contribution in [2.45, 2.75) is 26.3 Å². The first-order valence-electron chi connectivity index (χ1n) is 5.99. The predicted molar refractivity (Wildman–Crippen MR) is 63.5 cm³/mol. The zero-order chi connectivity index (χ0) is 12.8. The number of hydrogen-bond donors (Lipinski definition) is 2. The van der Waals surface area contributed by atoms with Crippen LogP contribution in [0.5, 0.6) is 0 Å². The summed E-state index contributed by atoms with van der Waals surface area (Å²) in [5.41, 5.74) is 0. The van der Waals surface area contributed by atoms with Crippen molar-refractivity contribution in [3.63, 3.8) is 0 Å². The van der Waals surface area contributed by atoms with Crippen molar-refractivity contribution in [1.82, 2.24) is 15.1 Å². The van der Waals surface area contributed by atoms with E-state index in [1.54, 1.807) is 0 Å².